The molecule has 0 saturated carbocycles. The van der Waals surface area contributed by atoms with Gasteiger partial charge in [0.25, 0.3) is 5.91 Å². The summed E-state index contributed by atoms with van der Waals surface area (Å²) < 4.78 is 34.3. The number of hydrogen-bond donors (Lipinski definition) is 1. The zero-order valence-electron chi connectivity index (χ0n) is 15.8. The number of sulfonamides is 1. The topological polar surface area (TPSA) is 80.6 Å². The molecule has 29 heavy (non-hydrogen) atoms. The summed E-state index contributed by atoms with van der Waals surface area (Å²) in [5, 5.41) is 3.92. The highest BCUT2D eigenvalue weighted by Gasteiger charge is 2.27. The van der Waals surface area contributed by atoms with Crippen LogP contribution in [0.2, 0.25) is 5.02 Å². The number of aromatic nitrogens is 1. The Bertz CT molecular complexity index is 1180. The van der Waals surface area contributed by atoms with Crippen LogP contribution in [0.15, 0.2) is 53.6 Å². The van der Waals surface area contributed by atoms with Gasteiger partial charge >= 0.3 is 0 Å². The van der Waals surface area contributed by atoms with Crippen LogP contribution in [-0.4, -0.2) is 49.5 Å². The van der Waals surface area contributed by atoms with Gasteiger partial charge in [0.1, 0.15) is 0 Å². The summed E-state index contributed by atoms with van der Waals surface area (Å²) in [5.41, 5.74) is 1.71. The van der Waals surface area contributed by atoms with E-state index in [1.54, 1.807) is 6.07 Å². The largest absolute Gasteiger partial charge is 0.379 e. The fraction of sp³-hybridized carbons (Fsp3) is 0.250. The van der Waals surface area contributed by atoms with Gasteiger partial charge in [-0.05, 0) is 36.4 Å². The van der Waals surface area contributed by atoms with Gasteiger partial charge in [0.2, 0.25) is 10.0 Å². The number of carbonyl (C=O) groups excluding carboxylic acids is 1. The maximum absolute atomic E-state index is 12.9. The Balaban J connectivity index is 1.66. The van der Waals surface area contributed by atoms with Gasteiger partial charge in [-0.2, -0.15) is 4.31 Å². The summed E-state index contributed by atoms with van der Waals surface area (Å²) in [6.45, 7) is 1.26. The second kappa shape index (κ2) is 7.79. The fourth-order valence-electron chi connectivity index (χ4n) is 3.38. The first kappa shape index (κ1) is 19.9. The van der Waals surface area contributed by atoms with E-state index in [2.05, 4.69) is 5.32 Å². The van der Waals surface area contributed by atoms with E-state index in [9.17, 15) is 13.2 Å². The Morgan fingerprint density at radius 2 is 1.90 bits per heavy atom. The lowest BCUT2D eigenvalue weighted by Gasteiger charge is -2.26. The maximum Gasteiger partial charge on any atom is 0.257 e. The third kappa shape index (κ3) is 3.76. The van der Waals surface area contributed by atoms with Crippen molar-refractivity contribution < 1.29 is 17.9 Å². The average Bonchev–Trinajstić information content (AvgIpc) is 3.11. The smallest absolute Gasteiger partial charge is 0.257 e. The number of halogens is 1. The van der Waals surface area contributed by atoms with E-state index in [0.29, 0.717) is 18.9 Å². The summed E-state index contributed by atoms with van der Waals surface area (Å²) in [6, 6.07) is 11.7. The van der Waals surface area contributed by atoms with Gasteiger partial charge in [-0.15, -0.1) is 0 Å². The second-order valence-corrected chi connectivity index (χ2v) is 9.12. The van der Waals surface area contributed by atoms with Gasteiger partial charge in [0.05, 0.1) is 34.4 Å². The van der Waals surface area contributed by atoms with Crippen LogP contribution in [0, 0.1) is 0 Å². The van der Waals surface area contributed by atoms with Crippen molar-refractivity contribution in [1.29, 1.82) is 0 Å². The molecule has 0 bridgehead atoms. The zero-order chi connectivity index (χ0) is 20.6. The maximum atomic E-state index is 12.9. The minimum absolute atomic E-state index is 0.0341. The molecule has 0 unspecified atom stereocenters. The first-order chi connectivity index (χ1) is 13.9. The molecule has 2 aromatic carbocycles. The van der Waals surface area contributed by atoms with Crippen molar-refractivity contribution in [2.24, 2.45) is 7.05 Å². The second-order valence-electron chi connectivity index (χ2n) is 6.78. The number of nitrogens with one attached hydrogen (secondary N) is 1. The van der Waals surface area contributed by atoms with Crippen LogP contribution < -0.4 is 5.32 Å². The lowest BCUT2D eigenvalue weighted by Crippen LogP contribution is -2.40. The van der Waals surface area contributed by atoms with Crippen molar-refractivity contribution >= 4 is 44.1 Å². The van der Waals surface area contributed by atoms with Crippen LogP contribution in [0.5, 0.6) is 0 Å². The van der Waals surface area contributed by atoms with E-state index in [-0.39, 0.29) is 28.6 Å². The van der Waals surface area contributed by atoms with Crippen LogP contribution in [0.1, 0.15) is 10.4 Å². The highest BCUT2D eigenvalue weighted by Crippen LogP contribution is 2.27. The average molecular weight is 434 g/mol. The molecular formula is C20H20ClN3O4S. The molecule has 1 aliphatic heterocycles. The van der Waals surface area contributed by atoms with Gasteiger partial charge in [-0.1, -0.05) is 17.7 Å². The molecule has 1 N–H and O–H groups in total. The summed E-state index contributed by atoms with van der Waals surface area (Å²) in [7, 11) is -1.81. The fourth-order valence-corrected chi connectivity index (χ4v) is 5.01. The standard InChI is InChI=1S/C20H20ClN3O4S/c1-23-8-7-15-18(3-2-4-19(15)23)22-20(25)16-13-14(5-6-17(16)21)29(26,27)24-9-11-28-12-10-24/h2-8,13H,9-12H2,1H3,(H,22,25). The molecule has 1 saturated heterocycles. The molecule has 0 radical (unpaired) electrons. The van der Waals surface area contributed by atoms with E-state index in [1.165, 1.54) is 22.5 Å². The highest BCUT2D eigenvalue weighted by molar-refractivity contribution is 7.89. The normalized spacial score (nSPS) is 15.5. The molecule has 1 fully saturated rings. The van der Waals surface area contributed by atoms with E-state index >= 15 is 0 Å². The predicted octanol–water partition coefficient (Wildman–Crippen LogP) is 3.10. The summed E-state index contributed by atoms with van der Waals surface area (Å²) in [6.07, 6.45) is 1.91. The van der Waals surface area contributed by atoms with Crippen molar-refractivity contribution in [3.63, 3.8) is 0 Å². The first-order valence-corrected chi connectivity index (χ1v) is 10.9. The number of anilines is 1. The Kier molecular flexibility index (Phi) is 5.35. The molecule has 0 aliphatic carbocycles. The molecule has 2 heterocycles. The SMILES string of the molecule is Cn1ccc2c(NC(=O)c3cc(S(=O)(=O)N4CCOCC4)ccc3Cl)cccc21. The number of ether oxygens (including phenoxy) is 1. The van der Waals surface area contributed by atoms with Gasteiger partial charge in [-0.3, -0.25) is 4.79 Å². The predicted molar refractivity (Wildman–Crippen MR) is 112 cm³/mol. The van der Waals surface area contributed by atoms with Crippen LogP contribution in [0.3, 0.4) is 0 Å². The molecule has 7 nitrogen and oxygen atoms in total. The monoisotopic (exact) mass is 433 g/mol. The number of rotatable bonds is 4. The molecule has 0 spiro atoms. The number of fused-ring (bicyclic) bond motifs is 1. The number of hydrogen-bond acceptors (Lipinski definition) is 4. The summed E-state index contributed by atoms with van der Waals surface area (Å²) >= 11 is 6.22. The Hall–Kier alpha value is -2.39. The van der Waals surface area contributed by atoms with E-state index in [0.717, 1.165) is 10.9 Å². The molecule has 4 rings (SSSR count). The highest BCUT2D eigenvalue weighted by atomic mass is 35.5. The Labute approximate surface area is 173 Å². The summed E-state index contributed by atoms with van der Waals surface area (Å²) in [5.74, 6) is -0.467. The van der Waals surface area contributed by atoms with E-state index in [1.807, 2.05) is 36.0 Å². The van der Waals surface area contributed by atoms with E-state index in [4.69, 9.17) is 16.3 Å². The molecule has 152 valence electrons. The van der Waals surface area contributed by atoms with Crippen LogP contribution in [0.4, 0.5) is 5.69 Å². The Morgan fingerprint density at radius 1 is 1.14 bits per heavy atom. The van der Waals surface area contributed by atoms with Crippen LogP contribution >= 0.6 is 11.6 Å². The Morgan fingerprint density at radius 3 is 2.66 bits per heavy atom. The van der Waals surface area contributed by atoms with Crippen molar-refractivity contribution in [3.05, 3.63) is 59.2 Å². The van der Waals surface area contributed by atoms with Crippen molar-refractivity contribution in [3.8, 4) is 0 Å². The molecular weight excluding hydrogens is 414 g/mol. The first-order valence-electron chi connectivity index (χ1n) is 9.11. The third-order valence-corrected chi connectivity index (χ3v) is 7.19. The van der Waals surface area contributed by atoms with E-state index < -0.39 is 15.9 Å². The number of nitrogens with zero attached hydrogens (tertiary/aromatic N) is 2. The number of carbonyl (C=O) groups is 1. The molecule has 0 atom stereocenters. The minimum Gasteiger partial charge on any atom is -0.379 e. The van der Waals surface area contributed by atoms with Crippen molar-refractivity contribution in [2.75, 3.05) is 31.6 Å². The van der Waals surface area contributed by atoms with Gasteiger partial charge in [-0.25, -0.2) is 8.42 Å². The minimum atomic E-state index is -3.73. The summed E-state index contributed by atoms with van der Waals surface area (Å²) in [4.78, 5) is 12.9. The van der Waals surface area contributed by atoms with Crippen molar-refractivity contribution in [2.45, 2.75) is 4.90 Å². The molecule has 3 aromatic rings. The quantitative estimate of drug-likeness (QED) is 0.685. The van der Waals surface area contributed by atoms with Crippen LogP contribution in [0.25, 0.3) is 10.9 Å². The number of aryl methyl sites for hydroxylation is 1. The van der Waals surface area contributed by atoms with Crippen LogP contribution in [-0.2, 0) is 21.8 Å². The number of amides is 1. The number of morpholine rings is 1. The molecule has 9 heteroatoms. The van der Waals surface area contributed by atoms with Crippen molar-refractivity contribution in [1.82, 2.24) is 8.87 Å². The lowest BCUT2D eigenvalue weighted by molar-refractivity contribution is 0.0730. The lowest BCUT2D eigenvalue weighted by atomic mass is 10.1. The molecule has 1 aliphatic rings. The van der Waals surface area contributed by atoms with Gasteiger partial charge < -0.3 is 14.6 Å². The third-order valence-electron chi connectivity index (χ3n) is 4.97. The molecule has 1 aromatic heterocycles. The number of benzene rings is 2. The zero-order valence-corrected chi connectivity index (χ0v) is 17.3. The van der Waals surface area contributed by atoms with Gasteiger partial charge in [0.15, 0.2) is 0 Å². The molecule has 1 amide bonds. The van der Waals surface area contributed by atoms with Gasteiger partial charge in [0, 0.05) is 37.2 Å².